The third-order valence-electron chi connectivity index (χ3n) is 2.75. The maximum absolute atomic E-state index is 13.2. The summed E-state index contributed by atoms with van der Waals surface area (Å²) in [5.41, 5.74) is 1.57. The molecule has 3 rings (SSSR count). The molecule has 0 radical (unpaired) electrons. The maximum atomic E-state index is 13.2. The zero-order valence-corrected chi connectivity index (χ0v) is 11.7. The number of rotatable bonds is 1. The van der Waals surface area contributed by atoms with Gasteiger partial charge in [0, 0.05) is 0 Å². The second kappa shape index (κ2) is 4.68. The standard InChI is InChI=1S/C15H9FOTe/c16-11-6-7-12-14(8-11)17-13(9-15(12)18)10-4-2-1-3-5-10/h1-9H. The van der Waals surface area contributed by atoms with Crippen LogP contribution >= 0.6 is 0 Å². The van der Waals surface area contributed by atoms with Crippen LogP contribution in [0, 0.1) is 9.01 Å². The van der Waals surface area contributed by atoms with Crippen molar-refractivity contribution in [1.29, 1.82) is 0 Å². The van der Waals surface area contributed by atoms with Crippen molar-refractivity contribution < 1.29 is 8.81 Å². The average molecular weight is 352 g/mol. The van der Waals surface area contributed by atoms with Gasteiger partial charge in [0.1, 0.15) is 0 Å². The molecule has 2 aromatic carbocycles. The van der Waals surface area contributed by atoms with Crippen molar-refractivity contribution in [3.8, 4) is 11.3 Å². The molecule has 0 spiro atoms. The molecule has 1 nitrogen and oxygen atoms in total. The van der Waals surface area contributed by atoms with Crippen LogP contribution in [0.3, 0.4) is 0 Å². The van der Waals surface area contributed by atoms with Gasteiger partial charge in [-0.15, -0.1) is 0 Å². The Hall–Kier alpha value is -1.43. The minimum atomic E-state index is -0.280. The Labute approximate surface area is 116 Å². The number of halogens is 1. The topological polar surface area (TPSA) is 13.1 Å². The van der Waals surface area contributed by atoms with E-state index < -0.39 is 0 Å². The van der Waals surface area contributed by atoms with Gasteiger partial charge in [-0.3, -0.25) is 0 Å². The van der Waals surface area contributed by atoms with Crippen LogP contribution in [0.5, 0.6) is 0 Å². The van der Waals surface area contributed by atoms with E-state index in [9.17, 15) is 4.39 Å². The summed E-state index contributed by atoms with van der Waals surface area (Å²) in [4.78, 5) is 0. The Morgan fingerprint density at radius 2 is 1.72 bits per heavy atom. The van der Waals surface area contributed by atoms with Crippen LogP contribution in [0.1, 0.15) is 0 Å². The van der Waals surface area contributed by atoms with E-state index in [0.717, 1.165) is 19.9 Å². The van der Waals surface area contributed by atoms with E-state index in [1.54, 1.807) is 6.07 Å². The molecule has 0 amide bonds. The molecular weight excluding hydrogens is 343 g/mol. The summed E-state index contributed by atoms with van der Waals surface area (Å²) >= 11 is 1.92. The van der Waals surface area contributed by atoms with E-state index in [0.29, 0.717) is 5.58 Å². The fraction of sp³-hybridized carbons (Fsp3) is 0. The van der Waals surface area contributed by atoms with E-state index in [4.69, 9.17) is 4.42 Å². The molecule has 0 saturated heterocycles. The third-order valence-corrected chi connectivity index (χ3v) is 3.71. The molecule has 3 heteroatoms. The van der Waals surface area contributed by atoms with Gasteiger partial charge in [-0.25, -0.2) is 0 Å². The molecule has 18 heavy (non-hydrogen) atoms. The van der Waals surface area contributed by atoms with Crippen molar-refractivity contribution in [3.63, 3.8) is 0 Å². The molecule has 0 aliphatic carbocycles. The van der Waals surface area contributed by atoms with Gasteiger partial charge >= 0.3 is 117 Å². The van der Waals surface area contributed by atoms with Gasteiger partial charge in [-0.2, -0.15) is 0 Å². The first-order chi connectivity index (χ1) is 8.74. The number of hydrogen-bond donors (Lipinski definition) is 0. The van der Waals surface area contributed by atoms with Crippen LogP contribution < -0.4 is 0 Å². The normalized spacial score (nSPS) is 10.7. The summed E-state index contributed by atoms with van der Waals surface area (Å²) in [5, 5.41) is 0.945. The van der Waals surface area contributed by atoms with Gasteiger partial charge < -0.3 is 0 Å². The molecule has 3 aromatic rings. The minimum absolute atomic E-state index is 0.280. The van der Waals surface area contributed by atoms with Gasteiger partial charge in [0.05, 0.1) is 0 Å². The van der Waals surface area contributed by atoms with Crippen molar-refractivity contribution in [2.45, 2.75) is 0 Å². The van der Waals surface area contributed by atoms with Crippen LogP contribution in [0.25, 0.3) is 22.3 Å². The number of fused-ring (bicyclic) bond motifs is 1. The van der Waals surface area contributed by atoms with Crippen molar-refractivity contribution >= 4 is 32.8 Å². The molecule has 0 atom stereocenters. The zero-order chi connectivity index (χ0) is 12.5. The van der Waals surface area contributed by atoms with Crippen LogP contribution in [-0.4, -0.2) is 21.8 Å². The fourth-order valence-corrected chi connectivity index (χ4v) is 2.66. The first-order valence-corrected chi connectivity index (χ1v) is 6.69. The summed E-state index contributed by atoms with van der Waals surface area (Å²) in [6, 6.07) is 16.4. The van der Waals surface area contributed by atoms with Crippen LogP contribution in [0.4, 0.5) is 4.39 Å². The summed E-state index contributed by atoms with van der Waals surface area (Å²) in [6.07, 6.45) is 0. The van der Waals surface area contributed by atoms with E-state index >= 15 is 0 Å². The molecule has 0 bridgehead atoms. The molecule has 0 aliphatic rings. The van der Waals surface area contributed by atoms with E-state index in [-0.39, 0.29) is 5.82 Å². The molecule has 1 heterocycles. The van der Waals surface area contributed by atoms with Crippen molar-refractivity contribution in [1.82, 2.24) is 0 Å². The molecule has 88 valence electrons. The Bertz CT molecular complexity index is 762. The summed E-state index contributed by atoms with van der Waals surface area (Å²) < 4.78 is 20.1. The van der Waals surface area contributed by atoms with Crippen LogP contribution in [-0.2, 0) is 0 Å². The van der Waals surface area contributed by atoms with E-state index in [1.807, 2.05) is 58.2 Å². The van der Waals surface area contributed by atoms with Crippen molar-refractivity contribution in [2.24, 2.45) is 0 Å². The first kappa shape index (κ1) is 11.6. The Balaban J connectivity index is 2.30. The van der Waals surface area contributed by atoms with Crippen LogP contribution in [0.15, 0.2) is 59.0 Å². The second-order valence-electron chi connectivity index (χ2n) is 3.98. The SMILES string of the molecule is Fc1ccc2c(=[Te])cc(-c3ccccc3)oc2c1. The first-order valence-electron chi connectivity index (χ1n) is 5.53. The van der Waals surface area contributed by atoms with Gasteiger partial charge in [-0.05, 0) is 0 Å². The Morgan fingerprint density at radius 1 is 0.944 bits per heavy atom. The summed E-state index contributed by atoms with van der Waals surface area (Å²) in [6.45, 7) is 0. The van der Waals surface area contributed by atoms with Gasteiger partial charge in [0.25, 0.3) is 0 Å². The predicted molar refractivity (Wildman–Crippen MR) is 70.6 cm³/mol. The Morgan fingerprint density at radius 3 is 2.50 bits per heavy atom. The molecule has 1 aromatic heterocycles. The number of benzene rings is 2. The average Bonchev–Trinajstić information content (AvgIpc) is 2.39. The number of hydrogen-bond acceptors (Lipinski definition) is 1. The fourth-order valence-electron chi connectivity index (χ4n) is 1.87. The monoisotopic (exact) mass is 354 g/mol. The van der Waals surface area contributed by atoms with Gasteiger partial charge in [-0.1, -0.05) is 0 Å². The molecule has 0 N–H and O–H groups in total. The summed E-state index contributed by atoms with van der Waals surface area (Å²) in [7, 11) is 0. The predicted octanol–water partition coefficient (Wildman–Crippen LogP) is 3.94. The quantitative estimate of drug-likeness (QED) is 0.605. The van der Waals surface area contributed by atoms with E-state index in [2.05, 4.69) is 0 Å². The molecule has 0 saturated carbocycles. The van der Waals surface area contributed by atoms with E-state index in [1.165, 1.54) is 12.1 Å². The van der Waals surface area contributed by atoms with Gasteiger partial charge in [0.15, 0.2) is 0 Å². The summed E-state index contributed by atoms with van der Waals surface area (Å²) in [5.74, 6) is 0.478. The Kier molecular flexibility index (Phi) is 3.03. The zero-order valence-electron chi connectivity index (χ0n) is 9.39. The van der Waals surface area contributed by atoms with Crippen molar-refractivity contribution in [2.75, 3.05) is 0 Å². The second-order valence-corrected chi connectivity index (χ2v) is 5.24. The molecule has 0 fully saturated rings. The van der Waals surface area contributed by atoms with Crippen molar-refractivity contribution in [3.05, 3.63) is 63.6 Å². The third kappa shape index (κ3) is 2.12. The molecule has 0 unspecified atom stereocenters. The van der Waals surface area contributed by atoms with Gasteiger partial charge in [0.2, 0.25) is 0 Å². The molecule has 0 aliphatic heterocycles. The van der Waals surface area contributed by atoms with Crippen LogP contribution in [0.2, 0.25) is 0 Å². The molecular formula is C15H9FOTe.